The lowest BCUT2D eigenvalue weighted by Crippen LogP contribution is -2.48. The number of rotatable bonds is 6. The van der Waals surface area contributed by atoms with E-state index in [2.05, 4.69) is 9.88 Å². The van der Waals surface area contributed by atoms with Crippen LogP contribution in [0.15, 0.2) is 18.3 Å². The van der Waals surface area contributed by atoms with Gasteiger partial charge in [-0.15, -0.1) is 0 Å². The molecule has 0 radical (unpaired) electrons. The molecule has 1 aromatic rings. The van der Waals surface area contributed by atoms with Crippen LogP contribution in [0.3, 0.4) is 0 Å². The van der Waals surface area contributed by atoms with E-state index in [1.54, 1.807) is 23.2 Å². The van der Waals surface area contributed by atoms with Crippen LogP contribution in [0.2, 0.25) is 5.15 Å². The highest BCUT2D eigenvalue weighted by molar-refractivity contribution is 6.30. The second-order valence-electron chi connectivity index (χ2n) is 6.69. The number of likely N-dealkylation sites (N-methyl/N-ethyl adjacent to an activating group) is 1. The topological polar surface area (TPSA) is 69.1 Å². The van der Waals surface area contributed by atoms with Crippen molar-refractivity contribution in [2.24, 2.45) is 0 Å². The first-order valence-electron chi connectivity index (χ1n) is 8.70. The molecule has 2 aliphatic heterocycles. The molecule has 1 unspecified atom stereocenters. The highest BCUT2D eigenvalue weighted by Gasteiger charge is 2.33. The third-order valence-corrected chi connectivity index (χ3v) is 5.16. The van der Waals surface area contributed by atoms with Gasteiger partial charge in [0.15, 0.2) is 10.9 Å². The van der Waals surface area contributed by atoms with Crippen molar-refractivity contribution < 1.29 is 14.6 Å². The number of aliphatic hydroxyl groups excluding tert-OH is 1. The lowest BCUT2D eigenvalue weighted by molar-refractivity contribution is 0.0505. The molecule has 0 saturated carbocycles. The number of aromatic nitrogens is 1. The van der Waals surface area contributed by atoms with Gasteiger partial charge in [-0.2, -0.15) is 0 Å². The van der Waals surface area contributed by atoms with Gasteiger partial charge in [0.1, 0.15) is 12.7 Å². The highest BCUT2D eigenvalue weighted by atomic mass is 35.5. The number of hydrogen-bond donors (Lipinski definition) is 1. The van der Waals surface area contributed by atoms with Crippen molar-refractivity contribution in [3.8, 4) is 5.75 Å². The molecule has 0 aliphatic carbocycles. The predicted octanol–water partition coefficient (Wildman–Crippen LogP) is 1.31. The summed E-state index contributed by atoms with van der Waals surface area (Å²) in [7, 11) is 1.85. The van der Waals surface area contributed by atoms with E-state index in [1.807, 2.05) is 11.9 Å². The average molecular weight is 369 g/mol. The number of likely N-dealkylation sites (tertiary alicyclic amines) is 1. The van der Waals surface area contributed by atoms with Crippen LogP contribution in [0, 0.1) is 0 Å². The van der Waals surface area contributed by atoms with Gasteiger partial charge in [-0.3, -0.25) is 0 Å². The second kappa shape index (κ2) is 8.21. The Morgan fingerprint density at radius 2 is 2.12 bits per heavy atom. The zero-order valence-corrected chi connectivity index (χ0v) is 15.2. The van der Waals surface area contributed by atoms with Crippen LogP contribution >= 0.6 is 11.6 Å². The van der Waals surface area contributed by atoms with Crippen molar-refractivity contribution in [2.45, 2.75) is 25.0 Å². The van der Waals surface area contributed by atoms with E-state index in [-0.39, 0.29) is 12.6 Å². The molecule has 25 heavy (non-hydrogen) atoms. The number of halogens is 1. The van der Waals surface area contributed by atoms with E-state index >= 15 is 0 Å². The first-order valence-corrected chi connectivity index (χ1v) is 9.08. The van der Waals surface area contributed by atoms with Gasteiger partial charge >= 0.3 is 6.03 Å². The molecule has 2 aliphatic rings. The van der Waals surface area contributed by atoms with Gasteiger partial charge in [0.05, 0.1) is 0 Å². The number of nitrogens with zero attached hydrogens (tertiary/aromatic N) is 4. The molecule has 8 heteroatoms. The standard InChI is InChI=1S/C17H25ClN4O3/c1-20-9-10-22(17(20)24)13-4-7-21(8-5-13)11-14(23)12-25-15-3-2-6-19-16(15)18/h2-3,6,13-14,23H,4-5,7-12H2,1H3. The number of pyridine rings is 1. The Hall–Kier alpha value is -1.57. The summed E-state index contributed by atoms with van der Waals surface area (Å²) in [5.41, 5.74) is 0. The molecule has 0 bridgehead atoms. The molecule has 0 spiro atoms. The number of β-amino-alcohol motifs (C(OH)–C–C–N with tert-alkyl or cyclic N) is 1. The van der Waals surface area contributed by atoms with E-state index in [0.29, 0.717) is 23.5 Å². The minimum Gasteiger partial charge on any atom is -0.488 e. The molecule has 7 nitrogen and oxygen atoms in total. The largest absolute Gasteiger partial charge is 0.488 e. The van der Waals surface area contributed by atoms with Crippen LogP contribution in [-0.4, -0.2) is 89.3 Å². The van der Waals surface area contributed by atoms with Crippen LogP contribution in [-0.2, 0) is 0 Å². The normalized spacial score (nSPS) is 21.0. The molecular formula is C17H25ClN4O3. The fraction of sp³-hybridized carbons (Fsp3) is 0.647. The molecule has 1 N–H and O–H groups in total. The molecule has 3 heterocycles. The Balaban J connectivity index is 1.40. The van der Waals surface area contributed by atoms with E-state index in [9.17, 15) is 9.90 Å². The molecule has 3 rings (SSSR count). The van der Waals surface area contributed by atoms with Crippen molar-refractivity contribution in [1.82, 2.24) is 19.7 Å². The third-order valence-electron chi connectivity index (χ3n) is 4.87. The number of urea groups is 1. The van der Waals surface area contributed by atoms with Gasteiger partial charge in [-0.25, -0.2) is 9.78 Å². The van der Waals surface area contributed by atoms with Crippen molar-refractivity contribution in [3.63, 3.8) is 0 Å². The Labute approximate surface area is 153 Å². The summed E-state index contributed by atoms with van der Waals surface area (Å²) < 4.78 is 5.54. The van der Waals surface area contributed by atoms with Gasteiger partial charge in [-0.05, 0) is 25.0 Å². The number of carbonyl (C=O) groups excluding carboxylic acids is 1. The minimum absolute atomic E-state index is 0.139. The van der Waals surface area contributed by atoms with E-state index in [4.69, 9.17) is 16.3 Å². The SMILES string of the molecule is CN1CCN(C2CCN(CC(O)COc3cccnc3Cl)CC2)C1=O. The Bertz CT molecular complexity index is 595. The first-order chi connectivity index (χ1) is 12.0. The fourth-order valence-electron chi connectivity index (χ4n) is 3.44. The van der Waals surface area contributed by atoms with Crippen LogP contribution in [0.5, 0.6) is 5.75 Å². The maximum absolute atomic E-state index is 12.1. The molecular weight excluding hydrogens is 344 g/mol. The Kier molecular flexibility index (Phi) is 5.98. The zero-order valence-electron chi connectivity index (χ0n) is 14.5. The van der Waals surface area contributed by atoms with Crippen LogP contribution in [0.1, 0.15) is 12.8 Å². The smallest absolute Gasteiger partial charge is 0.320 e. The molecule has 0 aromatic carbocycles. The lowest BCUT2D eigenvalue weighted by Gasteiger charge is -2.37. The van der Waals surface area contributed by atoms with Gasteiger partial charge in [0.25, 0.3) is 0 Å². The highest BCUT2D eigenvalue weighted by Crippen LogP contribution is 2.22. The predicted molar refractivity (Wildman–Crippen MR) is 94.9 cm³/mol. The molecule has 138 valence electrons. The summed E-state index contributed by atoms with van der Waals surface area (Å²) in [6.45, 7) is 4.12. The minimum atomic E-state index is -0.590. The van der Waals surface area contributed by atoms with Crippen molar-refractivity contribution in [1.29, 1.82) is 0 Å². The van der Waals surface area contributed by atoms with Gasteiger partial charge in [-0.1, -0.05) is 11.6 Å². The van der Waals surface area contributed by atoms with Crippen molar-refractivity contribution in [3.05, 3.63) is 23.5 Å². The van der Waals surface area contributed by atoms with Crippen LogP contribution in [0.25, 0.3) is 0 Å². The molecule has 2 fully saturated rings. The number of aliphatic hydroxyl groups is 1. The Morgan fingerprint density at radius 3 is 2.76 bits per heavy atom. The van der Waals surface area contributed by atoms with E-state index < -0.39 is 6.10 Å². The summed E-state index contributed by atoms with van der Waals surface area (Å²) >= 11 is 5.94. The lowest BCUT2D eigenvalue weighted by atomic mass is 10.0. The van der Waals surface area contributed by atoms with E-state index in [1.165, 1.54) is 0 Å². The fourth-order valence-corrected chi connectivity index (χ4v) is 3.61. The summed E-state index contributed by atoms with van der Waals surface area (Å²) in [4.78, 5) is 22.0. The summed E-state index contributed by atoms with van der Waals surface area (Å²) in [6.07, 6.45) is 2.90. The monoisotopic (exact) mass is 368 g/mol. The number of carbonyl (C=O) groups is 1. The summed E-state index contributed by atoms with van der Waals surface area (Å²) in [5, 5.41) is 10.5. The Morgan fingerprint density at radius 1 is 1.36 bits per heavy atom. The molecule has 1 aromatic heterocycles. The third kappa shape index (κ3) is 4.54. The number of hydrogen-bond acceptors (Lipinski definition) is 5. The van der Waals surface area contributed by atoms with E-state index in [0.717, 1.165) is 39.0 Å². The maximum atomic E-state index is 12.1. The van der Waals surface area contributed by atoms with Crippen LogP contribution < -0.4 is 4.74 Å². The quantitative estimate of drug-likeness (QED) is 0.767. The van der Waals surface area contributed by atoms with Gasteiger partial charge in [0.2, 0.25) is 0 Å². The summed E-state index contributed by atoms with van der Waals surface area (Å²) in [5.74, 6) is 0.485. The second-order valence-corrected chi connectivity index (χ2v) is 7.04. The van der Waals surface area contributed by atoms with Gasteiger partial charge < -0.3 is 24.5 Å². The number of amides is 2. The zero-order chi connectivity index (χ0) is 17.8. The van der Waals surface area contributed by atoms with Gasteiger partial charge in [0, 0.05) is 52.0 Å². The molecule has 2 saturated heterocycles. The van der Waals surface area contributed by atoms with Crippen molar-refractivity contribution >= 4 is 17.6 Å². The average Bonchev–Trinajstić information content (AvgIpc) is 2.94. The van der Waals surface area contributed by atoms with Crippen molar-refractivity contribution in [2.75, 3.05) is 46.4 Å². The van der Waals surface area contributed by atoms with Crippen LogP contribution in [0.4, 0.5) is 4.79 Å². The first kappa shape index (κ1) is 18.2. The maximum Gasteiger partial charge on any atom is 0.320 e. The number of piperidine rings is 1. The molecule has 1 atom stereocenters. The molecule has 2 amide bonds. The number of ether oxygens (including phenoxy) is 1. The summed E-state index contributed by atoms with van der Waals surface area (Å²) in [6, 6.07) is 3.93.